The predicted octanol–water partition coefficient (Wildman–Crippen LogP) is 4.18. The fourth-order valence-electron chi connectivity index (χ4n) is 1.75. The van der Waals surface area contributed by atoms with E-state index in [0.717, 1.165) is 12.5 Å². The summed E-state index contributed by atoms with van der Waals surface area (Å²) in [7, 11) is 0. The molecular formula is C12H14F3NO. The maximum absolute atomic E-state index is 12.7. The van der Waals surface area contributed by atoms with Crippen molar-refractivity contribution in [2.75, 3.05) is 0 Å². The molecule has 0 radical (unpaired) electrons. The Hall–Kier alpha value is -1.39. The van der Waals surface area contributed by atoms with Crippen LogP contribution < -0.4 is 0 Å². The van der Waals surface area contributed by atoms with Crippen molar-refractivity contribution >= 4 is 0 Å². The van der Waals surface area contributed by atoms with Gasteiger partial charge in [-0.3, -0.25) is 0 Å². The van der Waals surface area contributed by atoms with Crippen LogP contribution in [0.25, 0.3) is 0 Å². The average Bonchev–Trinajstić information content (AvgIpc) is 2.27. The van der Waals surface area contributed by atoms with Crippen molar-refractivity contribution < 1.29 is 13.2 Å². The Kier molecular flexibility index (Phi) is 4.66. The highest BCUT2D eigenvalue weighted by Gasteiger charge is 2.33. The van der Waals surface area contributed by atoms with Crippen molar-refractivity contribution in [3.05, 3.63) is 40.3 Å². The van der Waals surface area contributed by atoms with Gasteiger partial charge in [-0.1, -0.05) is 36.7 Å². The van der Waals surface area contributed by atoms with Crippen LogP contribution in [0.3, 0.4) is 0 Å². The monoisotopic (exact) mass is 245 g/mol. The van der Waals surface area contributed by atoms with Gasteiger partial charge in [0, 0.05) is 0 Å². The Labute approximate surface area is 97.8 Å². The molecule has 0 aromatic heterocycles. The summed E-state index contributed by atoms with van der Waals surface area (Å²) in [6.45, 7) is 1.87. The quantitative estimate of drug-likeness (QED) is 0.715. The molecule has 17 heavy (non-hydrogen) atoms. The first-order chi connectivity index (χ1) is 7.99. The number of nitroso groups, excluding NO2 is 1. The first-order valence-electron chi connectivity index (χ1n) is 5.46. The van der Waals surface area contributed by atoms with Crippen LogP contribution in [-0.4, -0.2) is 6.04 Å². The molecule has 1 atom stereocenters. The molecule has 0 heterocycles. The van der Waals surface area contributed by atoms with Gasteiger partial charge < -0.3 is 0 Å². The molecule has 0 saturated carbocycles. The standard InChI is InChI=1S/C12H14F3NO/c1-2-5-10(16-17)8-9-6-3-4-7-11(9)12(13,14)15/h3-4,6-7,10H,2,5,8H2,1H3. The second-order valence-electron chi connectivity index (χ2n) is 3.91. The van der Waals surface area contributed by atoms with Crippen molar-refractivity contribution in [3.8, 4) is 0 Å². The smallest absolute Gasteiger partial charge is 0.166 e. The van der Waals surface area contributed by atoms with Gasteiger partial charge in [0.25, 0.3) is 0 Å². The third kappa shape index (κ3) is 3.84. The van der Waals surface area contributed by atoms with Crippen LogP contribution in [0, 0.1) is 4.91 Å². The van der Waals surface area contributed by atoms with E-state index in [2.05, 4.69) is 5.18 Å². The molecule has 0 aliphatic carbocycles. The van der Waals surface area contributed by atoms with Crippen LogP contribution in [0.4, 0.5) is 13.2 Å². The highest BCUT2D eigenvalue weighted by molar-refractivity contribution is 5.30. The molecule has 0 spiro atoms. The molecule has 5 heteroatoms. The number of hydrogen-bond acceptors (Lipinski definition) is 2. The molecule has 0 aliphatic heterocycles. The van der Waals surface area contributed by atoms with E-state index in [9.17, 15) is 18.1 Å². The molecule has 1 rings (SSSR count). The lowest BCUT2D eigenvalue weighted by Gasteiger charge is -2.14. The van der Waals surface area contributed by atoms with E-state index in [1.165, 1.54) is 12.1 Å². The number of rotatable bonds is 5. The van der Waals surface area contributed by atoms with Crippen molar-refractivity contribution in [2.24, 2.45) is 5.18 Å². The van der Waals surface area contributed by atoms with Crippen molar-refractivity contribution in [3.63, 3.8) is 0 Å². The van der Waals surface area contributed by atoms with Gasteiger partial charge in [-0.15, -0.1) is 0 Å². The molecule has 0 N–H and O–H groups in total. The Balaban J connectivity index is 2.94. The summed E-state index contributed by atoms with van der Waals surface area (Å²) in [6, 6.07) is 4.73. The van der Waals surface area contributed by atoms with Crippen LogP contribution in [0.5, 0.6) is 0 Å². The summed E-state index contributed by atoms with van der Waals surface area (Å²) in [5.74, 6) is 0. The molecule has 0 fully saturated rings. The number of halogens is 3. The van der Waals surface area contributed by atoms with Gasteiger partial charge >= 0.3 is 6.18 Å². The largest absolute Gasteiger partial charge is 0.416 e. The third-order valence-corrected chi connectivity index (χ3v) is 2.55. The summed E-state index contributed by atoms with van der Waals surface area (Å²) in [5.41, 5.74) is -0.539. The molecule has 0 aliphatic rings. The van der Waals surface area contributed by atoms with E-state index in [4.69, 9.17) is 0 Å². The zero-order valence-corrected chi connectivity index (χ0v) is 9.50. The molecule has 1 aromatic rings. The van der Waals surface area contributed by atoms with Crippen LogP contribution in [0.1, 0.15) is 30.9 Å². The average molecular weight is 245 g/mol. The van der Waals surface area contributed by atoms with E-state index in [1.54, 1.807) is 6.07 Å². The highest BCUT2D eigenvalue weighted by atomic mass is 19.4. The molecular weight excluding hydrogens is 231 g/mol. The molecule has 94 valence electrons. The summed E-state index contributed by atoms with van der Waals surface area (Å²) in [6.07, 6.45) is -3.09. The first kappa shape index (κ1) is 13.7. The zero-order chi connectivity index (χ0) is 12.9. The summed E-state index contributed by atoms with van der Waals surface area (Å²) in [5, 5.41) is 2.88. The fraction of sp³-hybridized carbons (Fsp3) is 0.500. The van der Waals surface area contributed by atoms with Crippen LogP contribution in [0.2, 0.25) is 0 Å². The van der Waals surface area contributed by atoms with E-state index in [1.807, 2.05) is 6.92 Å². The summed E-state index contributed by atoms with van der Waals surface area (Å²) < 4.78 is 38.0. The summed E-state index contributed by atoms with van der Waals surface area (Å²) >= 11 is 0. The number of hydrogen-bond donors (Lipinski definition) is 0. The molecule has 0 amide bonds. The van der Waals surface area contributed by atoms with Gasteiger partial charge in [-0.25, -0.2) is 0 Å². The van der Waals surface area contributed by atoms with E-state index in [0.29, 0.717) is 6.42 Å². The van der Waals surface area contributed by atoms with Gasteiger partial charge in [0.15, 0.2) is 0 Å². The maximum atomic E-state index is 12.7. The number of nitrogens with zero attached hydrogens (tertiary/aromatic N) is 1. The number of benzene rings is 1. The van der Waals surface area contributed by atoms with Crippen LogP contribution in [0.15, 0.2) is 29.4 Å². The van der Waals surface area contributed by atoms with Crippen molar-refractivity contribution in [1.82, 2.24) is 0 Å². The van der Waals surface area contributed by atoms with Gasteiger partial charge in [0.2, 0.25) is 0 Å². The van der Waals surface area contributed by atoms with E-state index >= 15 is 0 Å². The Morgan fingerprint density at radius 1 is 1.29 bits per heavy atom. The van der Waals surface area contributed by atoms with Gasteiger partial charge in [0.1, 0.15) is 0 Å². The van der Waals surface area contributed by atoms with Gasteiger partial charge in [-0.05, 0) is 24.5 Å². The lowest BCUT2D eigenvalue weighted by Crippen LogP contribution is -2.14. The van der Waals surface area contributed by atoms with E-state index in [-0.39, 0.29) is 12.0 Å². The van der Waals surface area contributed by atoms with Crippen molar-refractivity contribution in [1.29, 1.82) is 0 Å². The fourth-order valence-corrected chi connectivity index (χ4v) is 1.75. The minimum absolute atomic E-state index is 0.0486. The second kappa shape index (κ2) is 5.80. The lowest BCUT2D eigenvalue weighted by molar-refractivity contribution is -0.138. The molecule has 2 nitrogen and oxygen atoms in total. The second-order valence-corrected chi connectivity index (χ2v) is 3.91. The Morgan fingerprint density at radius 2 is 1.94 bits per heavy atom. The van der Waals surface area contributed by atoms with Gasteiger partial charge in [0.05, 0.1) is 11.6 Å². The molecule has 1 unspecified atom stereocenters. The topological polar surface area (TPSA) is 29.4 Å². The SMILES string of the molecule is CCCC(Cc1ccccc1C(F)(F)F)N=O. The van der Waals surface area contributed by atoms with Crippen LogP contribution in [-0.2, 0) is 12.6 Å². The zero-order valence-electron chi connectivity index (χ0n) is 9.50. The number of alkyl halides is 3. The minimum Gasteiger partial charge on any atom is -0.166 e. The van der Waals surface area contributed by atoms with E-state index < -0.39 is 17.8 Å². The lowest BCUT2D eigenvalue weighted by atomic mass is 9.98. The third-order valence-electron chi connectivity index (χ3n) is 2.55. The molecule has 0 saturated heterocycles. The van der Waals surface area contributed by atoms with Crippen LogP contribution >= 0.6 is 0 Å². The van der Waals surface area contributed by atoms with Gasteiger partial charge in [-0.2, -0.15) is 18.1 Å². The minimum atomic E-state index is -4.38. The predicted molar refractivity (Wildman–Crippen MR) is 59.6 cm³/mol. The summed E-state index contributed by atoms with van der Waals surface area (Å²) in [4.78, 5) is 10.5. The Morgan fingerprint density at radius 3 is 2.47 bits per heavy atom. The Bertz CT molecular complexity index is 376. The molecule has 0 bridgehead atoms. The molecule has 1 aromatic carbocycles. The first-order valence-corrected chi connectivity index (χ1v) is 5.46. The normalized spacial score (nSPS) is 13.4. The maximum Gasteiger partial charge on any atom is 0.416 e. The van der Waals surface area contributed by atoms with Crippen molar-refractivity contribution in [2.45, 2.75) is 38.4 Å². The highest BCUT2D eigenvalue weighted by Crippen LogP contribution is 2.32.